The highest BCUT2D eigenvalue weighted by atomic mass is 16.5. The lowest BCUT2D eigenvalue weighted by Crippen LogP contribution is -1.97. The minimum Gasteiger partial charge on any atom is -0.494 e. The van der Waals surface area contributed by atoms with Crippen molar-refractivity contribution in [3.63, 3.8) is 0 Å². The van der Waals surface area contributed by atoms with E-state index in [1.807, 2.05) is 0 Å². The van der Waals surface area contributed by atoms with Gasteiger partial charge < -0.3 is 9.47 Å². The molecule has 0 amide bonds. The molecule has 3 aromatic carbocycles. The van der Waals surface area contributed by atoms with Crippen LogP contribution in [0.4, 0.5) is 0 Å². The van der Waals surface area contributed by atoms with E-state index in [1.54, 1.807) is 0 Å². The fourth-order valence-electron chi connectivity index (χ4n) is 5.58. The van der Waals surface area contributed by atoms with Crippen molar-refractivity contribution < 1.29 is 9.47 Å². The van der Waals surface area contributed by atoms with Gasteiger partial charge in [-0.1, -0.05) is 62.1 Å². The molecule has 0 aliphatic carbocycles. The number of nitrogens with zero attached hydrogens (tertiary/aromatic N) is 2. The van der Waals surface area contributed by atoms with Crippen molar-refractivity contribution >= 4 is 21.8 Å². The van der Waals surface area contributed by atoms with E-state index >= 15 is 0 Å². The third-order valence-corrected chi connectivity index (χ3v) is 8.05. The van der Waals surface area contributed by atoms with Gasteiger partial charge in [-0.3, -0.25) is 0 Å². The first kappa shape index (κ1) is 28.0. The zero-order valence-electron chi connectivity index (χ0n) is 24.4. The highest BCUT2D eigenvalue weighted by molar-refractivity contribution is 6.04. The first-order chi connectivity index (χ1) is 20.8. The van der Waals surface area contributed by atoms with E-state index in [1.165, 1.54) is 51.4 Å². The number of rotatable bonds is 0. The molecule has 5 aromatic rings. The average molecular weight is 557 g/mol. The van der Waals surface area contributed by atoms with E-state index in [-0.39, 0.29) is 0 Å². The molecule has 4 nitrogen and oxygen atoms in total. The second-order valence-corrected chi connectivity index (χ2v) is 11.2. The van der Waals surface area contributed by atoms with Crippen molar-refractivity contribution in [3.05, 3.63) is 97.1 Å². The van der Waals surface area contributed by atoms with Gasteiger partial charge in [0.1, 0.15) is 11.5 Å². The maximum absolute atomic E-state index is 6.03. The third kappa shape index (κ3) is 7.17. The van der Waals surface area contributed by atoms with E-state index < -0.39 is 0 Å². The van der Waals surface area contributed by atoms with Gasteiger partial charge in [0.05, 0.1) is 35.6 Å². The van der Waals surface area contributed by atoms with Crippen LogP contribution in [0.3, 0.4) is 0 Å². The zero-order chi connectivity index (χ0) is 28.4. The van der Waals surface area contributed by atoms with Gasteiger partial charge in [-0.25, -0.2) is 9.97 Å². The number of allylic oxidation sites excluding steroid dienone is 2. The monoisotopic (exact) mass is 556 g/mol. The molecule has 3 aliphatic heterocycles. The van der Waals surface area contributed by atoms with Crippen LogP contribution < -0.4 is 9.47 Å². The largest absolute Gasteiger partial charge is 0.494 e. The summed E-state index contributed by atoms with van der Waals surface area (Å²) >= 11 is 0. The van der Waals surface area contributed by atoms with Crippen LogP contribution in [-0.4, -0.2) is 23.2 Å². The molecule has 0 unspecified atom stereocenters. The fraction of sp³-hybridized carbons (Fsp3) is 0.316. The molecule has 2 aromatic heterocycles. The number of ether oxygens (including phenoxy) is 2. The Morgan fingerprint density at radius 3 is 1.26 bits per heavy atom. The van der Waals surface area contributed by atoms with Crippen LogP contribution in [-0.2, 0) is 0 Å². The van der Waals surface area contributed by atoms with E-state index in [4.69, 9.17) is 19.4 Å². The number of aromatic nitrogens is 2. The lowest BCUT2D eigenvalue weighted by atomic mass is 10.1. The Morgan fingerprint density at radius 1 is 0.405 bits per heavy atom. The van der Waals surface area contributed by atoms with Crippen LogP contribution in [0, 0.1) is 0 Å². The summed E-state index contributed by atoms with van der Waals surface area (Å²) in [5, 5.41) is 2.17. The lowest BCUT2D eigenvalue weighted by Gasteiger charge is -2.10. The summed E-state index contributed by atoms with van der Waals surface area (Å²) in [6.07, 6.45) is 16.7. The first-order valence-electron chi connectivity index (χ1n) is 15.7. The van der Waals surface area contributed by atoms with Gasteiger partial charge in [-0.15, -0.1) is 0 Å². The van der Waals surface area contributed by atoms with E-state index in [0.717, 1.165) is 81.9 Å². The molecule has 214 valence electrons. The molecular formula is C38H40N2O2. The van der Waals surface area contributed by atoms with Crippen molar-refractivity contribution in [1.82, 2.24) is 9.97 Å². The lowest BCUT2D eigenvalue weighted by molar-refractivity contribution is 0.304. The third-order valence-electron chi connectivity index (χ3n) is 8.05. The highest BCUT2D eigenvalue weighted by Crippen LogP contribution is 2.30. The van der Waals surface area contributed by atoms with E-state index in [9.17, 15) is 0 Å². The fourth-order valence-corrected chi connectivity index (χ4v) is 5.58. The average Bonchev–Trinajstić information content (AvgIpc) is 3.04. The molecule has 0 fully saturated rings. The van der Waals surface area contributed by atoms with Gasteiger partial charge in [0.25, 0.3) is 0 Å². The number of pyridine rings is 2. The quantitative estimate of drug-likeness (QED) is 0.141. The van der Waals surface area contributed by atoms with Gasteiger partial charge in [-0.05, 0) is 99.2 Å². The normalized spacial score (nSPS) is 16.5. The maximum Gasteiger partial charge on any atom is 0.119 e. The summed E-state index contributed by atoms with van der Waals surface area (Å²) in [7, 11) is 0. The maximum atomic E-state index is 6.03. The Bertz CT molecular complexity index is 1500. The Hall–Kier alpha value is -4.18. The van der Waals surface area contributed by atoms with E-state index in [2.05, 4.69) is 97.1 Å². The Kier molecular flexibility index (Phi) is 9.41. The van der Waals surface area contributed by atoms with Crippen LogP contribution >= 0.6 is 0 Å². The van der Waals surface area contributed by atoms with Crippen molar-refractivity contribution in [1.29, 1.82) is 0 Å². The molecule has 8 bridgehead atoms. The molecule has 0 saturated carbocycles. The molecule has 0 radical (unpaired) electrons. The molecular weight excluding hydrogens is 516 g/mol. The van der Waals surface area contributed by atoms with Crippen LogP contribution in [0.15, 0.2) is 97.1 Å². The Labute approximate surface area is 249 Å². The predicted octanol–water partition coefficient (Wildman–Crippen LogP) is 10.3. The molecule has 42 heavy (non-hydrogen) atoms. The summed E-state index contributed by atoms with van der Waals surface area (Å²) in [6.45, 7) is 1.52. The number of fused-ring (bicyclic) bond motifs is 2. The molecule has 3 aliphatic rings. The van der Waals surface area contributed by atoms with Gasteiger partial charge >= 0.3 is 0 Å². The topological polar surface area (TPSA) is 44.2 Å². The molecule has 0 N–H and O–H groups in total. The minimum absolute atomic E-state index is 0.761. The van der Waals surface area contributed by atoms with Crippen molar-refractivity contribution in [2.75, 3.05) is 13.2 Å². The highest BCUT2D eigenvalue weighted by Gasteiger charge is 2.09. The predicted molar refractivity (Wildman–Crippen MR) is 174 cm³/mol. The van der Waals surface area contributed by atoms with Crippen LogP contribution in [0.25, 0.3) is 44.3 Å². The van der Waals surface area contributed by atoms with E-state index in [0.29, 0.717) is 0 Å². The molecule has 0 saturated heterocycles. The zero-order valence-corrected chi connectivity index (χ0v) is 24.4. The van der Waals surface area contributed by atoms with Gasteiger partial charge in [0, 0.05) is 21.9 Å². The summed E-state index contributed by atoms with van der Waals surface area (Å²) < 4.78 is 12.1. The second-order valence-electron chi connectivity index (χ2n) is 11.2. The molecule has 4 heteroatoms. The Morgan fingerprint density at radius 2 is 0.810 bits per heavy atom. The van der Waals surface area contributed by atoms with Gasteiger partial charge in [0.15, 0.2) is 0 Å². The van der Waals surface area contributed by atoms with Crippen LogP contribution in [0.2, 0.25) is 0 Å². The van der Waals surface area contributed by atoms with Crippen molar-refractivity contribution in [2.45, 2.75) is 64.2 Å². The molecule has 0 spiro atoms. The molecule has 5 heterocycles. The Balaban J connectivity index is 1.25. The van der Waals surface area contributed by atoms with Crippen LogP contribution in [0.5, 0.6) is 11.5 Å². The second kappa shape index (κ2) is 14.1. The molecule has 0 atom stereocenters. The minimum atomic E-state index is 0.761. The standard InChI is InChI=1S/C38H40N2O2/c1-2-4-6-8-10-12-28-42-34-23-17-30(18-24-34)36-26-20-32-14-13-31-19-25-35(39-37(31)38(32)40-36)29-15-21-33(22-16-29)41-27-11-9-7-5-3-1/h1-2,13-26H,3-12,27-28H2/b2-1+. The van der Waals surface area contributed by atoms with Gasteiger partial charge in [-0.2, -0.15) is 0 Å². The molecule has 8 rings (SSSR count). The van der Waals surface area contributed by atoms with Crippen molar-refractivity contribution in [2.24, 2.45) is 0 Å². The number of hydrogen-bond donors (Lipinski definition) is 0. The number of benzene rings is 3. The summed E-state index contributed by atoms with van der Waals surface area (Å²) in [6, 6.07) is 29.3. The first-order valence-corrected chi connectivity index (χ1v) is 15.7. The summed E-state index contributed by atoms with van der Waals surface area (Å²) in [5.41, 5.74) is 5.85. The smallest absolute Gasteiger partial charge is 0.119 e. The SMILES string of the molecule is C1=C/CCCCCCOc2ccc(cc2)-c2ccc3ccc4ccc(nc4c3n2)-c2ccc(cc2)OCCCCCC/1. The van der Waals surface area contributed by atoms with Gasteiger partial charge in [0.2, 0.25) is 0 Å². The van der Waals surface area contributed by atoms with Crippen molar-refractivity contribution in [3.8, 4) is 34.0 Å². The summed E-state index contributed by atoms with van der Waals surface area (Å²) in [4.78, 5) is 10.2. The number of hydrogen-bond acceptors (Lipinski definition) is 4. The summed E-state index contributed by atoms with van der Waals surface area (Å²) in [5.74, 6) is 1.82. The van der Waals surface area contributed by atoms with Crippen LogP contribution in [0.1, 0.15) is 64.2 Å².